The zero-order valence-corrected chi connectivity index (χ0v) is 9.40. The van der Waals surface area contributed by atoms with Crippen molar-refractivity contribution < 1.29 is 15.8 Å². The van der Waals surface area contributed by atoms with E-state index >= 15 is 0 Å². The lowest BCUT2D eigenvalue weighted by atomic mass is 10.2. The Balaban J connectivity index is 0.00000128. The number of hydrogen-bond donors (Lipinski definition) is 0. The summed E-state index contributed by atoms with van der Waals surface area (Å²) in [6.45, 7) is 5.50. The van der Waals surface area contributed by atoms with E-state index in [0.717, 1.165) is 19.1 Å². The minimum absolute atomic E-state index is 0. The van der Waals surface area contributed by atoms with Crippen LogP contribution in [-0.2, 0) is 9.53 Å². The lowest BCUT2D eigenvalue weighted by Crippen LogP contribution is -2.42. The Morgan fingerprint density at radius 3 is 2.67 bits per heavy atom. The molecule has 0 aromatic heterocycles. The van der Waals surface area contributed by atoms with Crippen LogP contribution in [0.5, 0.6) is 0 Å². The maximum atomic E-state index is 11.8. The van der Waals surface area contributed by atoms with Crippen LogP contribution in [0, 0.1) is 5.92 Å². The fourth-order valence-corrected chi connectivity index (χ4v) is 2.20. The SMILES string of the molecule is CC(C)(C)OC(=O)N1C2C[C@@H]2C[C@@H]1C=O.[HH]. The first-order valence-electron chi connectivity index (χ1n) is 5.39. The first kappa shape index (κ1) is 10.5. The number of piperidine rings is 1. The molecule has 4 heteroatoms. The molecule has 1 amide bonds. The van der Waals surface area contributed by atoms with Gasteiger partial charge in [0.1, 0.15) is 11.9 Å². The summed E-state index contributed by atoms with van der Waals surface area (Å²) in [6.07, 6.45) is 2.36. The summed E-state index contributed by atoms with van der Waals surface area (Å²) >= 11 is 0. The Bertz CT molecular complexity index is 300. The lowest BCUT2D eigenvalue weighted by molar-refractivity contribution is -0.112. The molecule has 0 bridgehead atoms. The van der Waals surface area contributed by atoms with Crippen LogP contribution in [-0.4, -0.2) is 35.0 Å². The van der Waals surface area contributed by atoms with Gasteiger partial charge in [0.15, 0.2) is 0 Å². The van der Waals surface area contributed by atoms with Gasteiger partial charge in [-0.25, -0.2) is 4.79 Å². The molecule has 1 aliphatic heterocycles. The van der Waals surface area contributed by atoms with E-state index in [1.165, 1.54) is 0 Å². The highest BCUT2D eigenvalue weighted by Gasteiger charge is 2.54. The maximum Gasteiger partial charge on any atom is 0.411 e. The monoisotopic (exact) mass is 213 g/mol. The summed E-state index contributed by atoms with van der Waals surface area (Å²) in [5, 5.41) is 0. The van der Waals surface area contributed by atoms with E-state index in [2.05, 4.69) is 0 Å². The van der Waals surface area contributed by atoms with E-state index in [1.807, 2.05) is 20.8 Å². The Morgan fingerprint density at radius 1 is 1.47 bits per heavy atom. The molecule has 0 spiro atoms. The molecule has 86 valence electrons. The predicted molar refractivity (Wildman–Crippen MR) is 56.6 cm³/mol. The third-order valence-corrected chi connectivity index (χ3v) is 2.91. The molecule has 1 heterocycles. The highest BCUT2D eigenvalue weighted by atomic mass is 16.6. The van der Waals surface area contributed by atoms with Crippen LogP contribution in [0.1, 0.15) is 35.0 Å². The smallest absolute Gasteiger partial charge is 0.411 e. The fraction of sp³-hybridized carbons (Fsp3) is 0.818. The van der Waals surface area contributed by atoms with Gasteiger partial charge in [-0.15, -0.1) is 0 Å². The van der Waals surface area contributed by atoms with Crippen LogP contribution in [0.4, 0.5) is 4.79 Å². The molecule has 1 aliphatic carbocycles. The Kier molecular flexibility index (Phi) is 2.24. The third-order valence-electron chi connectivity index (χ3n) is 2.91. The van der Waals surface area contributed by atoms with Gasteiger partial charge in [-0.3, -0.25) is 4.90 Å². The van der Waals surface area contributed by atoms with Crippen molar-refractivity contribution in [3.05, 3.63) is 0 Å². The number of aldehydes is 1. The summed E-state index contributed by atoms with van der Waals surface area (Å²) in [6, 6.07) is -0.00125. The van der Waals surface area contributed by atoms with Crippen LogP contribution in [0.25, 0.3) is 0 Å². The first-order valence-corrected chi connectivity index (χ1v) is 5.39. The van der Waals surface area contributed by atoms with Gasteiger partial charge >= 0.3 is 6.09 Å². The van der Waals surface area contributed by atoms with Gasteiger partial charge < -0.3 is 9.53 Å². The number of nitrogens with zero attached hydrogens (tertiary/aromatic N) is 1. The second-order valence-corrected chi connectivity index (χ2v) is 5.39. The summed E-state index contributed by atoms with van der Waals surface area (Å²) in [7, 11) is 0. The van der Waals surface area contributed by atoms with Gasteiger partial charge in [0, 0.05) is 7.47 Å². The molecule has 2 rings (SSSR count). The fourth-order valence-electron chi connectivity index (χ4n) is 2.20. The van der Waals surface area contributed by atoms with Gasteiger partial charge in [0.05, 0.1) is 6.04 Å². The van der Waals surface area contributed by atoms with Crippen LogP contribution in [0.2, 0.25) is 0 Å². The van der Waals surface area contributed by atoms with Crippen LogP contribution in [0.15, 0.2) is 0 Å². The predicted octanol–water partition coefficient (Wildman–Crippen LogP) is 1.83. The summed E-state index contributed by atoms with van der Waals surface area (Å²) in [5.41, 5.74) is -0.489. The molecule has 1 unspecified atom stereocenters. The van der Waals surface area contributed by atoms with Gasteiger partial charge in [-0.1, -0.05) is 0 Å². The van der Waals surface area contributed by atoms with E-state index in [9.17, 15) is 9.59 Å². The normalized spacial score (nSPS) is 33.5. The zero-order valence-electron chi connectivity index (χ0n) is 9.40. The van der Waals surface area contributed by atoms with Gasteiger partial charge in [-0.05, 0) is 39.5 Å². The van der Waals surface area contributed by atoms with Crippen molar-refractivity contribution in [2.24, 2.45) is 5.92 Å². The molecular weight excluding hydrogens is 194 g/mol. The average molecular weight is 213 g/mol. The summed E-state index contributed by atoms with van der Waals surface area (Å²) < 4.78 is 5.28. The second kappa shape index (κ2) is 3.22. The van der Waals surface area contributed by atoms with E-state index in [-0.39, 0.29) is 19.6 Å². The molecule has 2 aliphatic rings. The van der Waals surface area contributed by atoms with E-state index in [1.54, 1.807) is 4.90 Å². The van der Waals surface area contributed by atoms with E-state index < -0.39 is 5.60 Å². The Hall–Kier alpha value is -1.06. The molecule has 1 saturated heterocycles. The first-order chi connectivity index (χ1) is 6.92. The largest absolute Gasteiger partial charge is 0.444 e. The van der Waals surface area contributed by atoms with Crippen molar-refractivity contribution >= 4 is 12.4 Å². The number of fused-ring (bicyclic) bond motifs is 1. The molecule has 2 fully saturated rings. The number of carbonyl (C=O) groups is 2. The Labute approximate surface area is 91.1 Å². The molecule has 0 radical (unpaired) electrons. The quantitative estimate of drug-likeness (QED) is 0.624. The van der Waals surface area contributed by atoms with Crippen molar-refractivity contribution in [2.75, 3.05) is 0 Å². The molecule has 0 aromatic rings. The number of amides is 1. The maximum absolute atomic E-state index is 11.8. The molecule has 3 atom stereocenters. The molecule has 0 N–H and O–H groups in total. The Morgan fingerprint density at radius 2 is 2.13 bits per heavy atom. The molecule has 1 saturated carbocycles. The minimum Gasteiger partial charge on any atom is -0.444 e. The summed E-state index contributed by atoms with van der Waals surface area (Å²) in [4.78, 5) is 24.2. The molecule has 15 heavy (non-hydrogen) atoms. The number of ether oxygens (including phenoxy) is 1. The number of rotatable bonds is 1. The van der Waals surface area contributed by atoms with E-state index in [0.29, 0.717) is 5.92 Å². The van der Waals surface area contributed by atoms with Crippen molar-refractivity contribution in [1.82, 2.24) is 4.90 Å². The minimum atomic E-state index is -0.489. The molecule has 4 nitrogen and oxygen atoms in total. The topological polar surface area (TPSA) is 46.6 Å². The summed E-state index contributed by atoms with van der Waals surface area (Å²) in [5.74, 6) is 0.535. The van der Waals surface area contributed by atoms with Crippen LogP contribution >= 0.6 is 0 Å². The highest BCUT2D eigenvalue weighted by Crippen LogP contribution is 2.47. The molecule has 0 aromatic carbocycles. The van der Waals surface area contributed by atoms with Crippen molar-refractivity contribution in [3.8, 4) is 0 Å². The zero-order chi connectivity index (χ0) is 11.2. The van der Waals surface area contributed by atoms with Crippen LogP contribution < -0.4 is 0 Å². The van der Waals surface area contributed by atoms with Crippen molar-refractivity contribution in [1.29, 1.82) is 0 Å². The van der Waals surface area contributed by atoms with Crippen LogP contribution in [0.3, 0.4) is 0 Å². The van der Waals surface area contributed by atoms with Gasteiger partial charge in [-0.2, -0.15) is 0 Å². The van der Waals surface area contributed by atoms with Gasteiger partial charge in [0.2, 0.25) is 0 Å². The van der Waals surface area contributed by atoms with Crippen molar-refractivity contribution in [3.63, 3.8) is 0 Å². The molecular formula is C11H19NO3. The van der Waals surface area contributed by atoms with Crippen molar-refractivity contribution in [2.45, 2.75) is 51.3 Å². The lowest BCUT2D eigenvalue weighted by Gasteiger charge is -2.28. The van der Waals surface area contributed by atoms with E-state index in [4.69, 9.17) is 4.74 Å². The third kappa shape index (κ3) is 1.98. The number of likely N-dealkylation sites (tertiary alicyclic amines) is 1. The van der Waals surface area contributed by atoms with Gasteiger partial charge in [0.25, 0.3) is 0 Å². The number of hydrogen-bond acceptors (Lipinski definition) is 3. The second-order valence-electron chi connectivity index (χ2n) is 5.39. The standard InChI is InChI=1S/C11H17NO3.H2/c1-11(2,3)15-10(14)12-8(6-13)4-7-5-9(7)12;/h6-9H,4-5H2,1-3H3;1H/t7-,8+,9?;/m0./s1. The number of carbonyl (C=O) groups excluding carboxylic acids is 2. The highest BCUT2D eigenvalue weighted by molar-refractivity contribution is 5.76. The average Bonchev–Trinajstić information content (AvgIpc) is 2.73.